The zero-order valence-electron chi connectivity index (χ0n) is 18.8. The van der Waals surface area contributed by atoms with Crippen molar-refractivity contribution in [3.05, 3.63) is 74.9 Å². The van der Waals surface area contributed by atoms with Crippen LogP contribution in [0.3, 0.4) is 0 Å². The first kappa shape index (κ1) is 26.4. The molecule has 2 aromatic carbocycles. The highest BCUT2D eigenvalue weighted by Gasteiger charge is 2.19. The number of halogens is 4. The third-order valence-electron chi connectivity index (χ3n) is 4.26. The molecule has 0 aliphatic heterocycles. The van der Waals surface area contributed by atoms with Crippen molar-refractivity contribution >= 4 is 50.4 Å². The second-order valence-electron chi connectivity index (χ2n) is 6.18. The first-order chi connectivity index (χ1) is 15.8. The highest BCUT2D eigenvalue weighted by atomic mass is 79.9. The number of carbonyl (C=O) groups excluding carboxylic acids is 1. The zero-order chi connectivity index (χ0) is 24.7. The minimum atomic E-state index is -0.721. The standard InChI is InChI=1S/C20H11BrClF2N3O2.2C2H6/c1-9-13(20-27-18-16(29-20)5-10(21)8-25-18)6-11(23)7-15(9)26-19(28)12-3-2-4-14(24)17(12)22;2*1-2/h2-8H,1H3,(H,26,28);2*1-2H3. The van der Waals surface area contributed by atoms with E-state index in [1.807, 2.05) is 27.7 Å². The fourth-order valence-corrected chi connectivity index (χ4v) is 3.33. The van der Waals surface area contributed by atoms with Gasteiger partial charge >= 0.3 is 0 Å². The predicted molar refractivity (Wildman–Crippen MR) is 132 cm³/mol. The van der Waals surface area contributed by atoms with E-state index in [1.54, 1.807) is 19.2 Å². The van der Waals surface area contributed by atoms with Crippen molar-refractivity contribution in [1.29, 1.82) is 0 Å². The highest BCUT2D eigenvalue weighted by molar-refractivity contribution is 9.10. The van der Waals surface area contributed by atoms with Crippen LogP contribution >= 0.6 is 27.5 Å². The number of nitrogens with one attached hydrogen (secondary N) is 1. The molecule has 4 rings (SSSR count). The number of benzene rings is 2. The van der Waals surface area contributed by atoms with Gasteiger partial charge in [0, 0.05) is 28.0 Å². The van der Waals surface area contributed by atoms with Crippen molar-refractivity contribution < 1.29 is 18.0 Å². The van der Waals surface area contributed by atoms with E-state index in [0.29, 0.717) is 26.8 Å². The third-order valence-corrected chi connectivity index (χ3v) is 5.08. The smallest absolute Gasteiger partial charge is 0.257 e. The van der Waals surface area contributed by atoms with Crippen LogP contribution in [-0.2, 0) is 0 Å². The fraction of sp³-hybridized carbons (Fsp3) is 0.208. The zero-order valence-corrected chi connectivity index (χ0v) is 21.1. The Labute approximate surface area is 204 Å². The van der Waals surface area contributed by atoms with Gasteiger partial charge in [0.05, 0.1) is 10.6 Å². The minimum absolute atomic E-state index is 0.0622. The molecule has 0 bridgehead atoms. The number of nitrogens with zero attached hydrogens (tertiary/aromatic N) is 2. The Morgan fingerprint density at radius 3 is 2.52 bits per heavy atom. The summed E-state index contributed by atoms with van der Waals surface area (Å²) in [4.78, 5) is 21.0. The summed E-state index contributed by atoms with van der Waals surface area (Å²) in [6, 6.07) is 7.98. The number of carbonyl (C=O) groups is 1. The largest absolute Gasteiger partial charge is 0.434 e. The van der Waals surface area contributed by atoms with Crippen molar-refractivity contribution in [2.75, 3.05) is 5.32 Å². The molecule has 5 nitrogen and oxygen atoms in total. The van der Waals surface area contributed by atoms with E-state index >= 15 is 0 Å². The van der Waals surface area contributed by atoms with Gasteiger partial charge in [-0.3, -0.25) is 4.79 Å². The lowest BCUT2D eigenvalue weighted by molar-refractivity contribution is 0.102. The van der Waals surface area contributed by atoms with E-state index in [4.69, 9.17) is 16.0 Å². The van der Waals surface area contributed by atoms with Gasteiger partial charge in [0.15, 0.2) is 11.2 Å². The summed E-state index contributed by atoms with van der Waals surface area (Å²) in [6.45, 7) is 9.68. The van der Waals surface area contributed by atoms with Crippen LogP contribution in [0, 0.1) is 18.6 Å². The van der Waals surface area contributed by atoms with Gasteiger partial charge in [-0.2, -0.15) is 4.98 Å². The molecule has 2 aromatic heterocycles. The summed E-state index contributed by atoms with van der Waals surface area (Å²) in [5.74, 6) is -1.84. The Bertz CT molecular complexity index is 1280. The highest BCUT2D eigenvalue weighted by Crippen LogP contribution is 2.32. The third kappa shape index (κ3) is 5.94. The van der Waals surface area contributed by atoms with Crippen LogP contribution in [0.25, 0.3) is 22.7 Å². The lowest BCUT2D eigenvalue weighted by atomic mass is 10.1. The van der Waals surface area contributed by atoms with E-state index < -0.39 is 17.5 Å². The number of hydrogen-bond acceptors (Lipinski definition) is 4. The molecule has 0 aliphatic rings. The van der Waals surface area contributed by atoms with Crippen LogP contribution in [0.1, 0.15) is 43.6 Å². The molecule has 0 aliphatic carbocycles. The molecule has 33 heavy (non-hydrogen) atoms. The van der Waals surface area contributed by atoms with Crippen molar-refractivity contribution in [2.24, 2.45) is 0 Å². The lowest BCUT2D eigenvalue weighted by Crippen LogP contribution is -2.14. The molecular formula is C24H23BrClF2N3O2. The molecule has 0 fully saturated rings. The summed E-state index contributed by atoms with van der Waals surface area (Å²) < 4.78 is 34.3. The van der Waals surface area contributed by atoms with Crippen molar-refractivity contribution in [2.45, 2.75) is 34.6 Å². The van der Waals surface area contributed by atoms with Gasteiger partial charge in [-0.1, -0.05) is 45.4 Å². The maximum absolute atomic E-state index is 14.3. The lowest BCUT2D eigenvalue weighted by Gasteiger charge is -2.12. The number of fused-ring (bicyclic) bond motifs is 1. The molecular weight excluding hydrogens is 516 g/mol. The molecule has 4 aromatic rings. The number of hydrogen-bond donors (Lipinski definition) is 1. The SMILES string of the molecule is CC.CC.Cc1c(NC(=O)c2cccc(F)c2Cl)cc(F)cc1-c1nc2ncc(Br)cc2o1. The van der Waals surface area contributed by atoms with Gasteiger partial charge in [-0.25, -0.2) is 13.8 Å². The second kappa shape index (κ2) is 11.9. The fourth-order valence-electron chi connectivity index (χ4n) is 2.81. The quantitative estimate of drug-likeness (QED) is 0.285. The Hall–Kier alpha value is -2.84. The molecule has 0 saturated carbocycles. The van der Waals surface area contributed by atoms with Crippen LogP contribution in [0.2, 0.25) is 5.02 Å². The van der Waals surface area contributed by atoms with Crippen molar-refractivity contribution in [1.82, 2.24) is 9.97 Å². The minimum Gasteiger partial charge on any atom is -0.434 e. The normalized spacial score (nSPS) is 10.1. The summed E-state index contributed by atoms with van der Waals surface area (Å²) in [6.07, 6.45) is 1.57. The van der Waals surface area contributed by atoms with Crippen LogP contribution in [0.4, 0.5) is 14.5 Å². The van der Waals surface area contributed by atoms with E-state index in [2.05, 4.69) is 31.2 Å². The number of anilines is 1. The van der Waals surface area contributed by atoms with Gasteiger partial charge in [-0.05, 0) is 52.7 Å². The second-order valence-corrected chi connectivity index (χ2v) is 7.47. The first-order valence-electron chi connectivity index (χ1n) is 10.3. The molecule has 0 unspecified atom stereocenters. The molecule has 0 atom stereocenters. The van der Waals surface area contributed by atoms with Crippen molar-refractivity contribution in [3.63, 3.8) is 0 Å². The predicted octanol–water partition coefficient (Wildman–Crippen LogP) is 8.20. The number of rotatable bonds is 3. The van der Waals surface area contributed by atoms with Crippen LogP contribution < -0.4 is 5.32 Å². The average Bonchev–Trinajstić information content (AvgIpc) is 3.23. The first-order valence-corrected chi connectivity index (χ1v) is 11.5. The van der Waals surface area contributed by atoms with E-state index in [1.165, 1.54) is 18.2 Å². The molecule has 9 heteroatoms. The maximum atomic E-state index is 14.3. The Morgan fingerprint density at radius 2 is 1.82 bits per heavy atom. The summed E-state index contributed by atoms with van der Waals surface area (Å²) in [5.41, 5.74) is 1.77. The van der Waals surface area contributed by atoms with E-state index in [9.17, 15) is 13.6 Å². The number of pyridine rings is 1. The topological polar surface area (TPSA) is 68.0 Å². The summed E-state index contributed by atoms with van der Waals surface area (Å²) in [7, 11) is 0. The molecule has 1 amide bonds. The van der Waals surface area contributed by atoms with Gasteiger partial charge in [-0.15, -0.1) is 0 Å². The van der Waals surface area contributed by atoms with E-state index in [-0.39, 0.29) is 22.2 Å². The van der Waals surface area contributed by atoms with Gasteiger partial charge < -0.3 is 9.73 Å². The number of oxazole rings is 1. The van der Waals surface area contributed by atoms with Gasteiger partial charge in [0.1, 0.15) is 11.6 Å². The number of amides is 1. The summed E-state index contributed by atoms with van der Waals surface area (Å²) >= 11 is 9.17. The van der Waals surface area contributed by atoms with E-state index in [0.717, 1.165) is 12.1 Å². The van der Waals surface area contributed by atoms with Crippen LogP contribution in [-0.4, -0.2) is 15.9 Å². The van der Waals surface area contributed by atoms with Crippen molar-refractivity contribution in [3.8, 4) is 11.5 Å². The Balaban J connectivity index is 0.000000914. The maximum Gasteiger partial charge on any atom is 0.257 e. The van der Waals surface area contributed by atoms with Gasteiger partial charge in [0.25, 0.3) is 5.91 Å². The summed E-state index contributed by atoms with van der Waals surface area (Å²) in [5, 5.41) is 2.26. The molecule has 0 radical (unpaired) electrons. The molecule has 2 heterocycles. The monoisotopic (exact) mass is 537 g/mol. The Kier molecular flexibility index (Phi) is 9.49. The molecule has 0 saturated heterocycles. The average molecular weight is 539 g/mol. The van der Waals surface area contributed by atoms with Crippen LogP contribution in [0.15, 0.2) is 51.5 Å². The molecule has 1 N–H and O–H groups in total. The number of aromatic nitrogens is 2. The molecule has 0 spiro atoms. The molecule has 174 valence electrons. The van der Waals surface area contributed by atoms with Gasteiger partial charge in [0.2, 0.25) is 5.89 Å². The Morgan fingerprint density at radius 1 is 1.12 bits per heavy atom. The van der Waals surface area contributed by atoms with Crippen LogP contribution in [0.5, 0.6) is 0 Å².